The summed E-state index contributed by atoms with van der Waals surface area (Å²) in [7, 11) is 0. The van der Waals surface area contributed by atoms with Crippen LogP contribution in [-0.2, 0) is 4.79 Å². The molecule has 21 heavy (non-hydrogen) atoms. The van der Waals surface area contributed by atoms with Crippen molar-refractivity contribution < 1.29 is 9.90 Å². The van der Waals surface area contributed by atoms with Crippen molar-refractivity contribution >= 4 is 5.91 Å². The van der Waals surface area contributed by atoms with Gasteiger partial charge < -0.3 is 16.2 Å². The van der Waals surface area contributed by atoms with Gasteiger partial charge in [-0.2, -0.15) is 0 Å². The van der Waals surface area contributed by atoms with Gasteiger partial charge in [-0.1, -0.05) is 37.3 Å². The molecule has 0 heterocycles. The molecule has 1 atom stereocenters. The number of carbonyl (C=O) groups is 1. The van der Waals surface area contributed by atoms with Gasteiger partial charge in [0.1, 0.15) is 0 Å². The Bertz CT molecular complexity index is 453. The van der Waals surface area contributed by atoms with Gasteiger partial charge in [-0.25, -0.2) is 0 Å². The van der Waals surface area contributed by atoms with Gasteiger partial charge >= 0.3 is 0 Å². The zero-order chi connectivity index (χ0) is 15.3. The fourth-order valence-corrected chi connectivity index (χ4v) is 2.93. The normalized spacial score (nSPS) is 27.1. The van der Waals surface area contributed by atoms with Crippen molar-refractivity contribution in [1.29, 1.82) is 0 Å². The molecule has 1 aliphatic rings. The average molecular weight is 290 g/mol. The van der Waals surface area contributed by atoms with Gasteiger partial charge in [0, 0.05) is 13.1 Å². The quantitative estimate of drug-likeness (QED) is 0.774. The summed E-state index contributed by atoms with van der Waals surface area (Å²) in [6.45, 7) is 2.80. The minimum Gasteiger partial charge on any atom is -0.388 e. The van der Waals surface area contributed by atoms with Crippen molar-refractivity contribution in [3.05, 3.63) is 35.9 Å². The third-order valence-corrected chi connectivity index (χ3v) is 4.55. The summed E-state index contributed by atoms with van der Waals surface area (Å²) in [6.07, 6.45) is 3.55. The van der Waals surface area contributed by atoms with Gasteiger partial charge in [-0.05, 0) is 37.2 Å². The number of benzene rings is 1. The second-order valence-corrected chi connectivity index (χ2v) is 6.32. The van der Waals surface area contributed by atoms with Crippen LogP contribution in [0.5, 0.6) is 0 Å². The Hall–Kier alpha value is -1.39. The zero-order valence-electron chi connectivity index (χ0n) is 12.7. The maximum Gasteiger partial charge on any atom is 0.228 e. The number of nitrogens with one attached hydrogen (secondary N) is 1. The smallest absolute Gasteiger partial charge is 0.228 e. The third kappa shape index (κ3) is 4.29. The second kappa shape index (κ2) is 7.05. The first kappa shape index (κ1) is 16.0. The van der Waals surface area contributed by atoms with Crippen LogP contribution >= 0.6 is 0 Å². The van der Waals surface area contributed by atoms with E-state index >= 15 is 0 Å². The molecule has 0 aromatic heterocycles. The Morgan fingerprint density at radius 2 is 2.00 bits per heavy atom. The molecule has 1 fully saturated rings. The molecule has 0 spiro atoms. The van der Waals surface area contributed by atoms with Crippen LogP contribution in [0.4, 0.5) is 0 Å². The summed E-state index contributed by atoms with van der Waals surface area (Å²) >= 11 is 0. The summed E-state index contributed by atoms with van der Waals surface area (Å²) in [5.74, 6) is 0.218. The lowest BCUT2D eigenvalue weighted by atomic mass is 9.79. The van der Waals surface area contributed by atoms with E-state index in [1.165, 1.54) is 0 Å². The molecule has 1 aliphatic carbocycles. The number of carbonyl (C=O) groups excluding carboxylic acids is 1. The van der Waals surface area contributed by atoms with Crippen molar-refractivity contribution in [3.8, 4) is 0 Å². The van der Waals surface area contributed by atoms with Gasteiger partial charge in [-0.15, -0.1) is 0 Å². The Morgan fingerprint density at radius 1 is 1.38 bits per heavy atom. The van der Waals surface area contributed by atoms with Gasteiger partial charge in [0.2, 0.25) is 5.91 Å². The summed E-state index contributed by atoms with van der Waals surface area (Å²) in [6, 6.07) is 9.55. The molecule has 1 amide bonds. The standard InChI is InChI=1S/C17H26N2O2/c1-13-7-9-17(21,10-8-13)12-19-16(20)15(11-18)14-5-3-2-4-6-14/h2-6,13,15,21H,7-12,18H2,1H3,(H,19,20). The number of hydrogen-bond acceptors (Lipinski definition) is 3. The van der Waals surface area contributed by atoms with Crippen LogP contribution in [0.25, 0.3) is 0 Å². The molecule has 1 unspecified atom stereocenters. The molecule has 1 aromatic rings. The Balaban J connectivity index is 1.91. The molecular formula is C17H26N2O2. The predicted molar refractivity (Wildman–Crippen MR) is 83.8 cm³/mol. The summed E-state index contributed by atoms with van der Waals surface area (Å²) in [5.41, 5.74) is 5.91. The number of rotatable bonds is 5. The van der Waals surface area contributed by atoms with Crippen LogP contribution in [0.15, 0.2) is 30.3 Å². The van der Waals surface area contributed by atoms with E-state index in [1.54, 1.807) is 0 Å². The van der Waals surface area contributed by atoms with Crippen LogP contribution in [0, 0.1) is 5.92 Å². The molecule has 116 valence electrons. The molecule has 0 saturated heterocycles. The van der Waals surface area contributed by atoms with Gasteiger partial charge in [0.25, 0.3) is 0 Å². The van der Waals surface area contributed by atoms with E-state index in [4.69, 9.17) is 5.73 Å². The molecule has 0 bridgehead atoms. The minimum absolute atomic E-state index is 0.101. The fourth-order valence-electron chi connectivity index (χ4n) is 2.93. The number of amides is 1. The zero-order valence-corrected chi connectivity index (χ0v) is 12.7. The number of nitrogens with two attached hydrogens (primary N) is 1. The summed E-state index contributed by atoms with van der Waals surface area (Å²) < 4.78 is 0. The largest absolute Gasteiger partial charge is 0.388 e. The maximum absolute atomic E-state index is 12.3. The summed E-state index contributed by atoms with van der Waals surface area (Å²) in [4.78, 5) is 12.3. The van der Waals surface area contributed by atoms with Crippen molar-refractivity contribution in [2.75, 3.05) is 13.1 Å². The van der Waals surface area contributed by atoms with Crippen LogP contribution < -0.4 is 11.1 Å². The van der Waals surface area contributed by atoms with Crippen molar-refractivity contribution in [1.82, 2.24) is 5.32 Å². The first-order valence-electron chi connectivity index (χ1n) is 7.79. The first-order valence-corrected chi connectivity index (χ1v) is 7.79. The predicted octanol–water partition coefficient (Wildman–Crippen LogP) is 1.79. The Labute approximate surface area is 126 Å². The van der Waals surface area contributed by atoms with Crippen LogP contribution in [-0.4, -0.2) is 29.7 Å². The van der Waals surface area contributed by atoms with Crippen molar-refractivity contribution in [2.24, 2.45) is 11.7 Å². The highest BCUT2D eigenvalue weighted by molar-refractivity contribution is 5.83. The van der Waals surface area contributed by atoms with Crippen LogP contribution in [0.1, 0.15) is 44.1 Å². The third-order valence-electron chi connectivity index (χ3n) is 4.55. The molecule has 2 rings (SSSR count). The molecular weight excluding hydrogens is 264 g/mol. The van der Waals surface area contributed by atoms with Gasteiger partial charge in [0.05, 0.1) is 11.5 Å². The molecule has 4 heteroatoms. The Kier molecular flexibility index (Phi) is 5.37. The van der Waals surface area contributed by atoms with Crippen molar-refractivity contribution in [2.45, 2.75) is 44.1 Å². The van der Waals surface area contributed by atoms with E-state index in [9.17, 15) is 9.90 Å². The minimum atomic E-state index is -0.752. The van der Waals surface area contributed by atoms with Gasteiger partial charge in [-0.3, -0.25) is 4.79 Å². The molecule has 1 aromatic carbocycles. The van der Waals surface area contributed by atoms with E-state index < -0.39 is 5.60 Å². The lowest BCUT2D eigenvalue weighted by molar-refractivity contribution is -0.124. The fraction of sp³-hybridized carbons (Fsp3) is 0.588. The first-order chi connectivity index (χ1) is 10.0. The van der Waals surface area contributed by atoms with E-state index in [1.807, 2.05) is 30.3 Å². The van der Waals surface area contributed by atoms with Crippen molar-refractivity contribution in [3.63, 3.8) is 0 Å². The lowest BCUT2D eigenvalue weighted by Crippen LogP contribution is -2.47. The van der Waals surface area contributed by atoms with Crippen LogP contribution in [0.2, 0.25) is 0 Å². The lowest BCUT2D eigenvalue weighted by Gasteiger charge is -2.35. The monoisotopic (exact) mass is 290 g/mol. The molecule has 1 saturated carbocycles. The number of aliphatic hydroxyl groups is 1. The number of hydrogen-bond donors (Lipinski definition) is 3. The highest BCUT2D eigenvalue weighted by atomic mass is 16.3. The maximum atomic E-state index is 12.3. The Morgan fingerprint density at radius 3 is 2.57 bits per heavy atom. The average Bonchev–Trinajstić information content (AvgIpc) is 2.51. The molecule has 0 aliphatic heterocycles. The van der Waals surface area contributed by atoms with Crippen LogP contribution in [0.3, 0.4) is 0 Å². The highest BCUT2D eigenvalue weighted by Gasteiger charge is 2.32. The van der Waals surface area contributed by atoms with E-state index in [-0.39, 0.29) is 18.4 Å². The molecule has 0 radical (unpaired) electrons. The SMILES string of the molecule is CC1CCC(O)(CNC(=O)C(CN)c2ccccc2)CC1. The topological polar surface area (TPSA) is 75.3 Å². The highest BCUT2D eigenvalue weighted by Crippen LogP contribution is 2.31. The van der Waals surface area contributed by atoms with Gasteiger partial charge in [0.15, 0.2) is 0 Å². The second-order valence-electron chi connectivity index (χ2n) is 6.32. The molecule has 4 N–H and O–H groups in total. The molecule has 4 nitrogen and oxygen atoms in total. The summed E-state index contributed by atoms with van der Waals surface area (Å²) in [5, 5.41) is 13.4. The van der Waals surface area contributed by atoms with E-state index in [0.717, 1.165) is 31.2 Å². The van der Waals surface area contributed by atoms with E-state index in [2.05, 4.69) is 12.2 Å². The van der Waals surface area contributed by atoms with E-state index in [0.29, 0.717) is 12.5 Å².